The summed E-state index contributed by atoms with van der Waals surface area (Å²) < 4.78 is 29.7. The normalized spacial score (nSPS) is 29.8. The van der Waals surface area contributed by atoms with Gasteiger partial charge in [0.25, 0.3) is 0 Å². The van der Waals surface area contributed by atoms with Crippen LogP contribution in [0.15, 0.2) is 60.7 Å². The Kier molecular flexibility index (Phi) is 7.38. The molecule has 11 nitrogen and oxygen atoms in total. The van der Waals surface area contributed by atoms with Gasteiger partial charge in [-0.2, -0.15) is 0 Å². The predicted molar refractivity (Wildman–Crippen MR) is 157 cm³/mol. The molecule has 0 bridgehead atoms. The molecule has 0 aliphatic carbocycles. The van der Waals surface area contributed by atoms with Crippen molar-refractivity contribution in [1.82, 2.24) is 0 Å². The van der Waals surface area contributed by atoms with Crippen LogP contribution in [0.1, 0.15) is 58.8 Å². The van der Waals surface area contributed by atoms with Gasteiger partial charge in [-0.1, -0.05) is 31.5 Å². The molecule has 0 saturated carbocycles. The summed E-state index contributed by atoms with van der Waals surface area (Å²) in [5, 5.41) is 42.7. The number of benzene rings is 3. The van der Waals surface area contributed by atoms with Crippen molar-refractivity contribution in [3.63, 3.8) is 0 Å². The molecule has 0 aromatic heterocycles. The highest BCUT2D eigenvalue weighted by Crippen LogP contribution is 2.58. The summed E-state index contributed by atoms with van der Waals surface area (Å²) in [5.41, 5.74) is 0.547. The molecule has 4 aliphatic heterocycles. The minimum Gasteiger partial charge on any atom is -0.508 e. The first-order valence-corrected chi connectivity index (χ1v) is 14.9. The lowest BCUT2D eigenvalue weighted by Crippen LogP contribution is -2.62. The molecule has 3 aromatic carbocycles. The van der Waals surface area contributed by atoms with Crippen molar-refractivity contribution in [1.29, 1.82) is 0 Å². The smallest absolute Gasteiger partial charge is 0.340 e. The van der Waals surface area contributed by atoms with Gasteiger partial charge in [0.05, 0.1) is 23.8 Å². The molecule has 45 heavy (non-hydrogen) atoms. The lowest BCUT2D eigenvalue weighted by atomic mass is 9.77. The third-order valence-electron chi connectivity index (χ3n) is 8.78. The summed E-state index contributed by atoms with van der Waals surface area (Å²) in [5.74, 6) is -0.944. The van der Waals surface area contributed by atoms with E-state index in [1.54, 1.807) is 36.4 Å². The monoisotopic (exact) mass is 616 g/mol. The highest BCUT2D eigenvalue weighted by molar-refractivity contribution is 5.98. The molecule has 7 rings (SSSR count). The van der Waals surface area contributed by atoms with Crippen LogP contribution in [0.4, 0.5) is 0 Å². The first kappa shape index (κ1) is 29.5. The Morgan fingerprint density at radius 2 is 1.80 bits per heavy atom. The van der Waals surface area contributed by atoms with Crippen LogP contribution in [0, 0.1) is 0 Å². The molecule has 1 spiro atoms. The van der Waals surface area contributed by atoms with Gasteiger partial charge in [-0.25, -0.2) is 4.79 Å². The van der Waals surface area contributed by atoms with Crippen molar-refractivity contribution in [3.8, 4) is 23.0 Å². The van der Waals surface area contributed by atoms with E-state index < -0.39 is 54.2 Å². The summed E-state index contributed by atoms with van der Waals surface area (Å²) in [6, 6.07) is 14.5. The fraction of sp³-hybridized carbons (Fsp3) is 0.353. The van der Waals surface area contributed by atoms with E-state index in [1.165, 1.54) is 30.4 Å². The number of hydrogen-bond donors (Lipinski definition) is 4. The van der Waals surface area contributed by atoms with E-state index in [9.17, 15) is 30.0 Å². The van der Waals surface area contributed by atoms with Gasteiger partial charge in [-0.3, -0.25) is 4.79 Å². The highest BCUT2D eigenvalue weighted by atomic mass is 16.7. The number of esters is 1. The molecule has 4 N–H and O–H groups in total. The number of aromatic hydroxyl groups is 2. The van der Waals surface area contributed by atoms with Crippen molar-refractivity contribution < 1.29 is 53.7 Å². The van der Waals surface area contributed by atoms with Gasteiger partial charge in [-0.05, 0) is 48.9 Å². The van der Waals surface area contributed by atoms with Crippen molar-refractivity contribution in [2.75, 3.05) is 6.61 Å². The largest absolute Gasteiger partial charge is 0.508 e. The quantitative estimate of drug-likeness (QED) is 0.236. The number of fused-ring (bicyclic) bond motifs is 7. The Bertz CT molecular complexity index is 1700. The Labute approximate surface area is 258 Å². The van der Waals surface area contributed by atoms with Gasteiger partial charge in [-0.15, -0.1) is 0 Å². The number of carbonyl (C=O) groups excluding carboxylic acids is 2. The maximum atomic E-state index is 13.2. The van der Waals surface area contributed by atoms with Crippen LogP contribution in [0.2, 0.25) is 0 Å². The minimum absolute atomic E-state index is 0.0810. The number of aliphatic hydroxyl groups is 2. The Hall–Kier alpha value is -4.26. The van der Waals surface area contributed by atoms with Gasteiger partial charge in [0.2, 0.25) is 0 Å². The SMILES string of the molecule is CCCC1OC[C@H]2O[C@@H](CC(=O)/C=C/c3c(O)ccc4c3Oc3cc(O)ccc3C43OC(=O)c4ccccc43)[C@H](O)[C@@H](O)[C@@H]2O1. The van der Waals surface area contributed by atoms with Crippen LogP contribution in [-0.4, -0.2) is 75.6 Å². The van der Waals surface area contributed by atoms with E-state index in [2.05, 4.69) is 0 Å². The number of carbonyl (C=O) groups is 2. The van der Waals surface area contributed by atoms with Gasteiger partial charge in [0.15, 0.2) is 17.7 Å². The third kappa shape index (κ3) is 4.79. The predicted octanol–water partition coefficient (Wildman–Crippen LogP) is 3.67. The van der Waals surface area contributed by atoms with Gasteiger partial charge >= 0.3 is 5.97 Å². The number of ketones is 1. The molecule has 11 heteroatoms. The Morgan fingerprint density at radius 1 is 1.00 bits per heavy atom. The van der Waals surface area contributed by atoms with E-state index in [-0.39, 0.29) is 41.6 Å². The van der Waals surface area contributed by atoms with E-state index in [1.807, 2.05) is 6.92 Å². The lowest BCUT2D eigenvalue weighted by molar-refractivity contribution is -0.325. The number of aliphatic hydroxyl groups excluding tert-OH is 2. The van der Waals surface area contributed by atoms with Crippen molar-refractivity contribution in [2.24, 2.45) is 0 Å². The molecule has 4 aliphatic rings. The zero-order chi connectivity index (χ0) is 31.5. The van der Waals surface area contributed by atoms with Crippen molar-refractivity contribution in [2.45, 2.75) is 68.6 Å². The fourth-order valence-corrected chi connectivity index (χ4v) is 6.63. The Morgan fingerprint density at radius 3 is 2.62 bits per heavy atom. The number of rotatable bonds is 6. The van der Waals surface area contributed by atoms with Crippen LogP contribution in [0.25, 0.3) is 6.08 Å². The standard InChI is InChI=1S/C34H32O11/c1-2-5-28-41-16-27-32(44-28)30(39)29(38)26(42-27)15-17(35)8-10-20-24(37)13-12-23-31(20)43-25-14-18(36)9-11-22(25)34(23)21-7-4-3-6-19(21)33(40)45-34/h3-4,6-14,26-30,32,36-39H,2,5,15-16H2,1H3/b10-8+/t26-,27+,28?,29-,30+,32+,34?/m0/s1. The Balaban J connectivity index is 1.19. The minimum atomic E-state index is -1.43. The second kappa shape index (κ2) is 11.3. The topological polar surface area (TPSA) is 161 Å². The molecule has 234 valence electrons. The molecular weight excluding hydrogens is 584 g/mol. The lowest BCUT2D eigenvalue weighted by Gasteiger charge is -2.46. The van der Waals surface area contributed by atoms with Crippen LogP contribution in [-0.2, 0) is 29.3 Å². The van der Waals surface area contributed by atoms with Gasteiger partial charge in [0.1, 0.15) is 47.4 Å². The molecule has 3 aromatic rings. The van der Waals surface area contributed by atoms with E-state index in [4.69, 9.17) is 23.7 Å². The molecule has 4 heterocycles. The number of phenolic OH excluding ortho intramolecular Hbond substituents is 2. The molecule has 2 unspecified atom stereocenters. The van der Waals surface area contributed by atoms with Crippen LogP contribution >= 0.6 is 0 Å². The molecule has 0 amide bonds. The van der Waals surface area contributed by atoms with E-state index >= 15 is 0 Å². The number of hydrogen-bond acceptors (Lipinski definition) is 11. The van der Waals surface area contributed by atoms with Crippen molar-refractivity contribution >= 4 is 17.8 Å². The maximum Gasteiger partial charge on any atom is 0.340 e. The average molecular weight is 617 g/mol. The number of allylic oxidation sites excluding steroid dienone is 1. The molecule has 7 atom stereocenters. The van der Waals surface area contributed by atoms with Gasteiger partial charge < -0.3 is 44.1 Å². The summed E-state index contributed by atoms with van der Waals surface area (Å²) in [6.45, 7) is 2.14. The average Bonchev–Trinajstić information content (AvgIpc) is 3.32. The number of ether oxygens (including phenoxy) is 5. The maximum absolute atomic E-state index is 13.2. The fourth-order valence-electron chi connectivity index (χ4n) is 6.63. The van der Waals surface area contributed by atoms with Crippen LogP contribution < -0.4 is 4.74 Å². The second-order valence-corrected chi connectivity index (χ2v) is 11.6. The highest BCUT2D eigenvalue weighted by Gasteiger charge is 2.54. The first-order valence-electron chi connectivity index (χ1n) is 14.9. The van der Waals surface area contributed by atoms with Crippen LogP contribution in [0.3, 0.4) is 0 Å². The zero-order valence-electron chi connectivity index (χ0n) is 24.3. The third-order valence-corrected chi connectivity index (χ3v) is 8.78. The summed E-state index contributed by atoms with van der Waals surface area (Å²) in [7, 11) is 0. The number of phenols is 2. The molecule has 2 fully saturated rings. The summed E-state index contributed by atoms with van der Waals surface area (Å²) in [6.07, 6.45) is -1.79. The summed E-state index contributed by atoms with van der Waals surface area (Å²) in [4.78, 5) is 26.2. The van der Waals surface area contributed by atoms with Gasteiger partial charge in [0, 0.05) is 29.2 Å². The van der Waals surface area contributed by atoms with E-state index in [0.29, 0.717) is 28.7 Å². The zero-order valence-corrected chi connectivity index (χ0v) is 24.3. The molecule has 2 saturated heterocycles. The first-order chi connectivity index (χ1) is 21.7. The van der Waals surface area contributed by atoms with E-state index in [0.717, 1.165) is 6.42 Å². The van der Waals surface area contributed by atoms with Crippen LogP contribution in [0.5, 0.6) is 23.0 Å². The molecule has 0 radical (unpaired) electrons. The second-order valence-electron chi connectivity index (χ2n) is 11.6. The van der Waals surface area contributed by atoms with Crippen molar-refractivity contribution in [3.05, 3.63) is 88.5 Å². The summed E-state index contributed by atoms with van der Waals surface area (Å²) >= 11 is 0. The molecular formula is C34H32O11.